The molecule has 0 saturated heterocycles. The fourth-order valence-corrected chi connectivity index (χ4v) is 3.28. The molecule has 6 nitrogen and oxygen atoms in total. The molecule has 0 aliphatic heterocycles. The first-order chi connectivity index (χ1) is 12.5. The van der Waals surface area contributed by atoms with Crippen LogP contribution in [0.5, 0.6) is 0 Å². The second-order valence-electron chi connectivity index (χ2n) is 7.99. The maximum atomic E-state index is 12.1. The molecule has 27 heavy (non-hydrogen) atoms. The van der Waals surface area contributed by atoms with E-state index in [1.165, 1.54) is 28.5 Å². The number of carbonyl (C=O) groups excluding carboxylic acids is 1. The van der Waals surface area contributed by atoms with Crippen LogP contribution < -0.4 is 5.32 Å². The molecule has 7 heteroatoms. The van der Waals surface area contributed by atoms with Crippen LogP contribution in [0, 0.1) is 19.8 Å². The van der Waals surface area contributed by atoms with Crippen molar-refractivity contribution in [2.45, 2.75) is 71.1 Å². The number of rotatable bonds is 6. The number of nitrogens with one attached hydrogen (secondary N) is 1. The van der Waals surface area contributed by atoms with Crippen LogP contribution in [-0.4, -0.2) is 21.9 Å². The van der Waals surface area contributed by atoms with Crippen molar-refractivity contribution in [3.8, 4) is 0 Å². The molecule has 0 saturated carbocycles. The lowest BCUT2D eigenvalue weighted by Crippen LogP contribution is -2.37. The molecule has 0 fully saturated rings. The van der Waals surface area contributed by atoms with Crippen molar-refractivity contribution < 1.29 is 13.9 Å². The van der Waals surface area contributed by atoms with E-state index >= 15 is 0 Å². The Bertz CT molecular complexity index is 781. The van der Waals surface area contributed by atoms with Crippen molar-refractivity contribution >= 4 is 17.9 Å². The summed E-state index contributed by atoms with van der Waals surface area (Å²) in [5, 5.41) is 11.6. The molecule has 0 bridgehead atoms. The molecule has 1 aromatic carbocycles. The van der Waals surface area contributed by atoms with Gasteiger partial charge >= 0.3 is 6.09 Å². The Kier molecular flexibility index (Phi) is 6.92. The van der Waals surface area contributed by atoms with E-state index in [1.807, 2.05) is 34.6 Å². The Morgan fingerprint density at radius 3 is 2.59 bits per heavy atom. The van der Waals surface area contributed by atoms with Crippen LogP contribution in [0.4, 0.5) is 4.79 Å². The van der Waals surface area contributed by atoms with E-state index in [0.29, 0.717) is 11.1 Å². The zero-order valence-corrected chi connectivity index (χ0v) is 17.9. The van der Waals surface area contributed by atoms with Crippen LogP contribution in [-0.2, 0) is 10.5 Å². The zero-order chi connectivity index (χ0) is 20.2. The van der Waals surface area contributed by atoms with E-state index in [4.69, 9.17) is 9.15 Å². The van der Waals surface area contributed by atoms with Crippen LogP contribution in [0.1, 0.15) is 63.2 Å². The predicted octanol–water partition coefficient (Wildman–Crippen LogP) is 5.20. The molecule has 2 rings (SSSR count). The topological polar surface area (TPSA) is 77.2 Å². The number of amides is 1. The standard InChI is InChI=1S/C20H29N3O3S/c1-12(2)16(21-18(24)26-20(5,6)7)17-22-23-19(25-17)27-11-15-10-13(3)8-9-14(15)4/h8-10,12,16H,11H2,1-7H3,(H,21,24). The van der Waals surface area contributed by atoms with Crippen molar-refractivity contribution in [1.82, 2.24) is 15.5 Å². The van der Waals surface area contributed by atoms with Gasteiger partial charge in [0.2, 0.25) is 5.89 Å². The molecule has 148 valence electrons. The maximum Gasteiger partial charge on any atom is 0.408 e. The maximum absolute atomic E-state index is 12.1. The normalized spacial score (nSPS) is 12.9. The number of thioether (sulfide) groups is 1. The number of hydrogen-bond donors (Lipinski definition) is 1. The third-order valence-electron chi connectivity index (χ3n) is 3.88. The number of benzene rings is 1. The highest BCUT2D eigenvalue weighted by Gasteiger charge is 2.27. The molecule has 1 N–H and O–H groups in total. The van der Waals surface area contributed by atoms with Gasteiger partial charge in [-0.1, -0.05) is 49.4 Å². The minimum Gasteiger partial charge on any atom is -0.444 e. The molecule has 0 aliphatic carbocycles. The summed E-state index contributed by atoms with van der Waals surface area (Å²) in [5.41, 5.74) is 3.14. The Balaban J connectivity index is 2.04. The quantitative estimate of drug-likeness (QED) is 0.682. The van der Waals surface area contributed by atoms with E-state index < -0.39 is 17.7 Å². The number of alkyl carbamates (subject to hydrolysis) is 1. The second-order valence-corrected chi connectivity index (χ2v) is 8.92. The lowest BCUT2D eigenvalue weighted by Gasteiger charge is -2.23. The van der Waals surface area contributed by atoms with E-state index in [0.717, 1.165) is 5.75 Å². The third-order valence-corrected chi connectivity index (χ3v) is 4.75. The van der Waals surface area contributed by atoms with Gasteiger partial charge in [-0.05, 0) is 51.7 Å². The largest absolute Gasteiger partial charge is 0.444 e. The van der Waals surface area contributed by atoms with Gasteiger partial charge in [-0.25, -0.2) is 4.79 Å². The van der Waals surface area contributed by atoms with Crippen molar-refractivity contribution in [3.63, 3.8) is 0 Å². The molecule has 1 atom stereocenters. The monoisotopic (exact) mass is 391 g/mol. The average molecular weight is 392 g/mol. The van der Waals surface area contributed by atoms with Gasteiger partial charge in [0.15, 0.2) is 0 Å². The summed E-state index contributed by atoms with van der Waals surface area (Å²) in [4.78, 5) is 12.1. The number of aryl methyl sites for hydroxylation is 2. The molecule has 1 heterocycles. The molecular weight excluding hydrogens is 362 g/mol. The van der Waals surface area contributed by atoms with E-state index in [-0.39, 0.29) is 5.92 Å². The lowest BCUT2D eigenvalue weighted by molar-refractivity contribution is 0.0477. The van der Waals surface area contributed by atoms with Gasteiger partial charge in [0, 0.05) is 5.75 Å². The third kappa shape index (κ3) is 6.57. The summed E-state index contributed by atoms with van der Waals surface area (Å²) >= 11 is 1.49. The van der Waals surface area contributed by atoms with Crippen molar-refractivity contribution in [2.24, 2.45) is 5.92 Å². The van der Waals surface area contributed by atoms with Gasteiger partial charge in [-0.15, -0.1) is 10.2 Å². The van der Waals surface area contributed by atoms with Gasteiger partial charge in [-0.2, -0.15) is 0 Å². The number of hydrogen-bond acceptors (Lipinski definition) is 6. The highest BCUT2D eigenvalue weighted by Crippen LogP contribution is 2.27. The summed E-state index contributed by atoms with van der Waals surface area (Å²) in [6, 6.07) is 5.98. The summed E-state index contributed by atoms with van der Waals surface area (Å²) in [6.45, 7) is 13.6. The Labute approximate surface area is 165 Å². The van der Waals surface area contributed by atoms with Crippen LogP contribution in [0.25, 0.3) is 0 Å². The molecule has 0 aliphatic rings. The summed E-state index contributed by atoms with van der Waals surface area (Å²) in [7, 11) is 0. The fraction of sp³-hybridized carbons (Fsp3) is 0.550. The molecule has 1 aromatic heterocycles. The fourth-order valence-electron chi connectivity index (χ4n) is 2.45. The number of carbonyl (C=O) groups is 1. The molecule has 1 amide bonds. The van der Waals surface area contributed by atoms with E-state index in [1.54, 1.807) is 0 Å². The molecule has 0 spiro atoms. The first-order valence-electron chi connectivity index (χ1n) is 9.07. The van der Waals surface area contributed by atoms with E-state index in [2.05, 4.69) is 47.6 Å². The van der Waals surface area contributed by atoms with Crippen LogP contribution in [0.15, 0.2) is 27.8 Å². The number of ether oxygens (including phenoxy) is 1. The Morgan fingerprint density at radius 2 is 1.96 bits per heavy atom. The minimum absolute atomic E-state index is 0.0786. The highest BCUT2D eigenvalue weighted by molar-refractivity contribution is 7.98. The van der Waals surface area contributed by atoms with Gasteiger partial charge < -0.3 is 14.5 Å². The lowest BCUT2D eigenvalue weighted by atomic mass is 10.1. The van der Waals surface area contributed by atoms with E-state index in [9.17, 15) is 4.79 Å². The van der Waals surface area contributed by atoms with Gasteiger partial charge in [0.1, 0.15) is 11.6 Å². The summed E-state index contributed by atoms with van der Waals surface area (Å²) in [6.07, 6.45) is -0.496. The van der Waals surface area contributed by atoms with Gasteiger partial charge in [0.05, 0.1) is 0 Å². The molecule has 0 radical (unpaired) electrons. The average Bonchev–Trinajstić information content (AvgIpc) is 3.00. The van der Waals surface area contributed by atoms with Crippen LogP contribution in [0.3, 0.4) is 0 Å². The number of aromatic nitrogens is 2. The highest BCUT2D eigenvalue weighted by atomic mass is 32.2. The van der Waals surface area contributed by atoms with Crippen LogP contribution in [0.2, 0.25) is 0 Å². The predicted molar refractivity (Wildman–Crippen MR) is 107 cm³/mol. The van der Waals surface area contributed by atoms with Crippen molar-refractivity contribution in [2.75, 3.05) is 0 Å². The molecule has 2 aromatic rings. The molecular formula is C20H29N3O3S. The first-order valence-corrected chi connectivity index (χ1v) is 10.1. The van der Waals surface area contributed by atoms with Crippen molar-refractivity contribution in [1.29, 1.82) is 0 Å². The van der Waals surface area contributed by atoms with Gasteiger partial charge in [0.25, 0.3) is 5.22 Å². The Hall–Kier alpha value is -2.02. The van der Waals surface area contributed by atoms with Gasteiger partial charge in [-0.3, -0.25) is 0 Å². The first kappa shape index (κ1) is 21.3. The second kappa shape index (κ2) is 8.78. The summed E-state index contributed by atoms with van der Waals surface area (Å²) in [5.74, 6) is 1.22. The van der Waals surface area contributed by atoms with Crippen LogP contribution >= 0.6 is 11.8 Å². The smallest absolute Gasteiger partial charge is 0.408 e. The SMILES string of the molecule is Cc1ccc(C)c(CSc2nnc(C(NC(=O)OC(C)(C)C)C(C)C)o2)c1. The number of nitrogens with zero attached hydrogens (tertiary/aromatic N) is 2. The summed E-state index contributed by atoms with van der Waals surface area (Å²) < 4.78 is 11.1. The zero-order valence-electron chi connectivity index (χ0n) is 17.1. The molecule has 1 unspecified atom stereocenters. The Morgan fingerprint density at radius 1 is 1.26 bits per heavy atom. The van der Waals surface area contributed by atoms with Crippen molar-refractivity contribution in [3.05, 3.63) is 40.8 Å². The minimum atomic E-state index is -0.562.